The highest BCUT2D eigenvalue weighted by Gasteiger charge is 2.30. The lowest BCUT2D eigenvalue weighted by Crippen LogP contribution is -2.56. The number of hydrogen-bond acceptors (Lipinski definition) is 10. The monoisotopic (exact) mass is 1000 g/mol. The predicted octanol–water partition coefficient (Wildman–Crippen LogP) is 8.60. The van der Waals surface area contributed by atoms with Crippen molar-refractivity contribution < 1.29 is 42.9 Å². The number of benzene rings is 5. The van der Waals surface area contributed by atoms with Crippen LogP contribution in [0.4, 0.5) is 4.79 Å². The van der Waals surface area contributed by atoms with E-state index >= 15 is 0 Å². The lowest BCUT2D eigenvalue weighted by molar-refractivity contribution is -0.149. The highest BCUT2D eigenvalue weighted by Crippen LogP contribution is 2.45. The molecule has 0 unspecified atom stereocenters. The lowest BCUT2D eigenvalue weighted by Gasteiger charge is -2.25. The molecule has 0 saturated heterocycles. The second-order valence-corrected chi connectivity index (χ2v) is 18.6. The highest BCUT2D eigenvalue weighted by atomic mass is 16.6. The summed E-state index contributed by atoms with van der Waals surface area (Å²) in [7, 11) is 1.60. The first-order valence-corrected chi connectivity index (χ1v) is 25.2. The van der Waals surface area contributed by atoms with Crippen molar-refractivity contribution in [1.82, 2.24) is 31.9 Å². The third kappa shape index (κ3) is 18.2. The van der Waals surface area contributed by atoms with E-state index in [1.807, 2.05) is 103 Å². The molecule has 16 nitrogen and oxygen atoms in total. The number of rotatable bonds is 28. The summed E-state index contributed by atoms with van der Waals surface area (Å²) in [5.74, 6) is -1.37. The third-order valence-corrected chi connectivity index (χ3v) is 11.7. The summed E-state index contributed by atoms with van der Waals surface area (Å²) in [4.78, 5) is 68.4. The Balaban J connectivity index is 1.39. The fourth-order valence-electron chi connectivity index (χ4n) is 8.05. The van der Waals surface area contributed by atoms with Crippen LogP contribution in [-0.2, 0) is 35.3 Å². The highest BCUT2D eigenvalue weighted by molar-refractivity contribution is 6.10. The number of ether oxygens (including phenoxy) is 4. The summed E-state index contributed by atoms with van der Waals surface area (Å²) in [6.07, 6.45) is 5.33. The van der Waals surface area contributed by atoms with Crippen LogP contribution < -0.4 is 41.4 Å². The molecule has 5 aromatic carbocycles. The lowest BCUT2D eigenvalue weighted by atomic mass is 9.92. The smallest absolute Gasteiger partial charge is 0.407 e. The Morgan fingerprint density at radius 1 is 0.658 bits per heavy atom. The largest absolute Gasteiger partial charge is 0.493 e. The van der Waals surface area contributed by atoms with Crippen LogP contribution in [0.25, 0.3) is 32.7 Å². The van der Waals surface area contributed by atoms with Crippen molar-refractivity contribution in [3.05, 3.63) is 121 Å². The number of amides is 4. The van der Waals surface area contributed by atoms with E-state index in [-0.39, 0.29) is 38.4 Å². The molecule has 0 aromatic heterocycles. The zero-order chi connectivity index (χ0) is 52.6. The van der Waals surface area contributed by atoms with E-state index in [4.69, 9.17) is 24.4 Å². The van der Waals surface area contributed by atoms with Gasteiger partial charge in [-0.15, -0.1) is 6.58 Å². The minimum absolute atomic E-state index is 0.00918. The normalized spacial score (nSPS) is 12.3. The van der Waals surface area contributed by atoms with Crippen molar-refractivity contribution in [2.45, 2.75) is 116 Å². The van der Waals surface area contributed by atoms with E-state index in [9.17, 15) is 24.0 Å². The van der Waals surface area contributed by atoms with Gasteiger partial charge in [0.05, 0.1) is 6.61 Å². The van der Waals surface area contributed by atoms with Gasteiger partial charge in [-0.05, 0) is 105 Å². The quantitative estimate of drug-likeness (QED) is 0.00828. The van der Waals surface area contributed by atoms with Gasteiger partial charge >= 0.3 is 12.1 Å². The van der Waals surface area contributed by atoms with Crippen LogP contribution in [0.15, 0.2) is 116 Å². The number of carbonyl (C=O) groups excluding carboxylic acids is 5. The number of guanidine groups is 1. The number of alkyl carbamates (subject to hydrolysis) is 1. The van der Waals surface area contributed by atoms with Gasteiger partial charge in [0.1, 0.15) is 41.8 Å². The molecule has 0 radical (unpaired) electrons. The van der Waals surface area contributed by atoms with E-state index in [1.54, 1.807) is 27.8 Å². The fourth-order valence-corrected chi connectivity index (χ4v) is 8.05. The fraction of sp³-hybridized carbons (Fsp3) is 0.404. The molecule has 0 spiro atoms. The molecule has 4 amide bonds. The Bertz CT molecular complexity index is 2640. The summed E-state index contributed by atoms with van der Waals surface area (Å²) in [6, 6.07) is 29.5. The number of fused-ring (bicyclic) bond motifs is 2. The third-order valence-electron chi connectivity index (χ3n) is 11.7. The minimum Gasteiger partial charge on any atom is -0.493 e. The molecule has 16 heteroatoms. The van der Waals surface area contributed by atoms with Crippen LogP contribution in [-0.4, -0.2) is 92.8 Å². The molecular weight excluding hydrogens is 927 g/mol. The Hall–Kier alpha value is -7.62. The standard InChI is InChI=1S/C57H73N7O9/c1-7-9-19-36-70-47-32-30-40-24-13-15-26-42(40)50(47)51-43-27-16-14-25-41(43)31-33-48(51)71-38-49(65)62-44(28-17-18-34-61-56(69)73-57(3,4)5)52(66)63-45(29-20-35-60-55(58)59-6)53(67)64-46(21-8-2)54(68)72-37-39-22-11-10-12-23-39/h8,10-16,22-27,30-33,44-46H,2,7,9,17-21,28-29,34-38H2,1,3-6H3,(H,61,69)(H,62,65)(H,63,66)(H,64,67)(H3,58,59,60)/t44-,45-,46+/m1/s1. The van der Waals surface area contributed by atoms with Gasteiger partial charge in [0.25, 0.3) is 5.91 Å². The zero-order valence-corrected chi connectivity index (χ0v) is 42.9. The van der Waals surface area contributed by atoms with E-state index in [2.05, 4.69) is 45.4 Å². The molecule has 0 heterocycles. The van der Waals surface area contributed by atoms with Crippen LogP contribution in [0.1, 0.15) is 91.0 Å². The molecule has 73 heavy (non-hydrogen) atoms. The van der Waals surface area contributed by atoms with Gasteiger partial charge < -0.3 is 50.8 Å². The number of hydrogen-bond donors (Lipinski definition) is 7. The molecule has 5 aromatic rings. The molecular formula is C57H73N7O9. The summed E-state index contributed by atoms with van der Waals surface area (Å²) in [5.41, 5.74) is 1.67. The Kier molecular flexibility index (Phi) is 22.4. The molecule has 0 fully saturated rings. The Morgan fingerprint density at radius 3 is 1.85 bits per heavy atom. The molecule has 0 bridgehead atoms. The summed E-state index contributed by atoms with van der Waals surface area (Å²) in [6.45, 7) is 11.8. The van der Waals surface area contributed by atoms with Crippen molar-refractivity contribution in [2.75, 3.05) is 33.4 Å². The van der Waals surface area contributed by atoms with Gasteiger partial charge in [-0.1, -0.05) is 117 Å². The van der Waals surface area contributed by atoms with Crippen molar-refractivity contribution in [3.63, 3.8) is 0 Å². The van der Waals surface area contributed by atoms with Crippen LogP contribution in [0, 0.1) is 5.41 Å². The first-order valence-electron chi connectivity index (χ1n) is 25.2. The first-order chi connectivity index (χ1) is 35.2. The van der Waals surface area contributed by atoms with Crippen LogP contribution in [0.2, 0.25) is 0 Å². The average Bonchev–Trinajstić information content (AvgIpc) is 3.38. The number of carbonyl (C=O) groups is 5. The van der Waals surface area contributed by atoms with Gasteiger partial charge in [0.15, 0.2) is 12.6 Å². The second kappa shape index (κ2) is 29.0. The molecule has 0 aliphatic carbocycles. The number of unbranched alkanes of at least 4 members (excludes halogenated alkanes) is 3. The van der Waals surface area contributed by atoms with Crippen molar-refractivity contribution in [2.24, 2.45) is 0 Å². The van der Waals surface area contributed by atoms with E-state index in [0.29, 0.717) is 43.9 Å². The molecule has 3 atom stereocenters. The van der Waals surface area contributed by atoms with Gasteiger partial charge in [-0.3, -0.25) is 19.8 Å². The van der Waals surface area contributed by atoms with Gasteiger partial charge in [-0.25, -0.2) is 9.59 Å². The molecule has 0 aliphatic rings. The van der Waals surface area contributed by atoms with E-state index in [1.165, 1.54) is 6.08 Å². The predicted molar refractivity (Wildman–Crippen MR) is 286 cm³/mol. The summed E-state index contributed by atoms with van der Waals surface area (Å²) < 4.78 is 23.8. The van der Waals surface area contributed by atoms with Crippen LogP contribution in [0.3, 0.4) is 0 Å². The van der Waals surface area contributed by atoms with Gasteiger partial charge in [0.2, 0.25) is 11.8 Å². The van der Waals surface area contributed by atoms with E-state index in [0.717, 1.165) is 57.5 Å². The van der Waals surface area contributed by atoms with Gasteiger partial charge in [-0.2, -0.15) is 0 Å². The zero-order valence-electron chi connectivity index (χ0n) is 42.9. The maximum Gasteiger partial charge on any atom is 0.407 e. The first kappa shape index (κ1) is 56.3. The maximum absolute atomic E-state index is 14.4. The molecule has 7 N–H and O–H groups in total. The summed E-state index contributed by atoms with van der Waals surface area (Å²) >= 11 is 0. The number of esters is 1. The minimum atomic E-state index is -1.17. The van der Waals surface area contributed by atoms with Gasteiger partial charge in [0, 0.05) is 31.3 Å². The molecule has 5 rings (SSSR count). The maximum atomic E-state index is 14.4. The van der Waals surface area contributed by atoms with Crippen molar-refractivity contribution in [3.8, 4) is 22.6 Å². The Morgan fingerprint density at radius 2 is 1.23 bits per heavy atom. The SMILES string of the molecule is C=CC[C@H](NC(=O)[C@@H](CCCNC(=N)NC)NC(=O)[C@@H](CCCCNC(=O)OC(C)(C)C)NC(=O)COc1ccc2ccccc2c1-c1c(OCCCCC)ccc2ccccc12)C(=O)OCc1ccccc1. The molecule has 0 saturated carbocycles. The van der Waals surface area contributed by atoms with Crippen molar-refractivity contribution >= 4 is 57.3 Å². The topological polar surface area (TPSA) is 218 Å². The Labute approximate surface area is 429 Å². The van der Waals surface area contributed by atoms with Crippen LogP contribution in [0.5, 0.6) is 11.5 Å². The second-order valence-electron chi connectivity index (χ2n) is 18.6. The average molecular weight is 1000 g/mol. The number of nitrogens with one attached hydrogen (secondary N) is 7. The molecule has 0 aliphatic heterocycles. The van der Waals surface area contributed by atoms with Crippen LogP contribution >= 0.6 is 0 Å². The van der Waals surface area contributed by atoms with Crippen molar-refractivity contribution in [1.29, 1.82) is 5.41 Å². The van der Waals surface area contributed by atoms with E-state index < -0.39 is 60.1 Å². The summed E-state index contributed by atoms with van der Waals surface area (Å²) in [5, 5.41) is 28.5. The molecule has 390 valence electrons.